The number of nitrogens with zero attached hydrogens (tertiary/aromatic N) is 2. The predicted molar refractivity (Wildman–Crippen MR) is 77.5 cm³/mol. The molecule has 6 nitrogen and oxygen atoms in total. The van der Waals surface area contributed by atoms with Crippen LogP contribution in [0.4, 0.5) is 0 Å². The molecule has 0 fully saturated rings. The maximum absolute atomic E-state index is 11.3. The number of rotatable bonds is 7. The molecule has 0 amide bonds. The van der Waals surface area contributed by atoms with Gasteiger partial charge in [-0.25, -0.2) is 0 Å². The van der Waals surface area contributed by atoms with Crippen molar-refractivity contribution in [1.29, 1.82) is 0 Å². The molecule has 0 aliphatic carbocycles. The lowest BCUT2D eigenvalue weighted by molar-refractivity contribution is -0.144. The van der Waals surface area contributed by atoms with Crippen molar-refractivity contribution in [1.82, 2.24) is 15.5 Å². The predicted octanol–water partition coefficient (Wildman–Crippen LogP) is 2.47. The molecule has 1 heterocycles. The highest BCUT2D eigenvalue weighted by Crippen LogP contribution is 2.17. The van der Waals surface area contributed by atoms with E-state index in [-0.39, 0.29) is 6.54 Å². The minimum absolute atomic E-state index is 0.249. The second-order valence-electron chi connectivity index (χ2n) is 5.12. The highest BCUT2D eigenvalue weighted by molar-refractivity contribution is 5.78. The highest BCUT2D eigenvalue weighted by atomic mass is 16.5. The van der Waals surface area contributed by atoms with Crippen molar-refractivity contribution < 1.29 is 14.4 Å². The fraction of sp³-hybridized carbons (Fsp3) is 0.400. The summed E-state index contributed by atoms with van der Waals surface area (Å²) < 4.78 is 5.19. The van der Waals surface area contributed by atoms with Crippen LogP contribution in [0.2, 0.25) is 0 Å². The number of hydrogen-bond donors (Lipinski definition) is 2. The molecule has 1 aromatic carbocycles. The first-order valence-electron chi connectivity index (χ1n) is 6.91. The fourth-order valence-corrected chi connectivity index (χ4v) is 2.07. The van der Waals surface area contributed by atoms with Gasteiger partial charge < -0.3 is 9.63 Å². The van der Waals surface area contributed by atoms with E-state index in [1.807, 2.05) is 37.3 Å². The van der Waals surface area contributed by atoms with Gasteiger partial charge in [-0.05, 0) is 25.5 Å². The molecule has 1 aromatic heterocycles. The largest absolute Gasteiger partial charge is 0.480 e. The summed E-state index contributed by atoms with van der Waals surface area (Å²) in [5.41, 5.74) is -0.145. The van der Waals surface area contributed by atoms with Crippen LogP contribution < -0.4 is 5.32 Å². The number of benzene rings is 1. The van der Waals surface area contributed by atoms with Crippen molar-refractivity contribution in [2.75, 3.05) is 0 Å². The quantitative estimate of drug-likeness (QED) is 0.814. The number of aliphatic carboxylic acids is 1. The Kier molecular flexibility index (Phi) is 4.70. The molecular weight excluding hydrogens is 270 g/mol. The standard InChI is InChI=1S/C15H19N3O3/c1-3-9-15(2,14(19)20)16-10-12-17-13(21-18-12)11-7-5-4-6-8-11/h4-8,16H,3,9-10H2,1-2H3,(H,19,20). The van der Waals surface area contributed by atoms with Crippen LogP contribution in [-0.2, 0) is 11.3 Å². The smallest absolute Gasteiger partial charge is 0.323 e. The Morgan fingerprint density at radius 2 is 2.10 bits per heavy atom. The molecular formula is C15H19N3O3. The summed E-state index contributed by atoms with van der Waals surface area (Å²) in [6.07, 6.45) is 1.31. The van der Waals surface area contributed by atoms with Crippen molar-refractivity contribution in [2.45, 2.75) is 38.8 Å². The first-order valence-corrected chi connectivity index (χ1v) is 6.91. The van der Waals surface area contributed by atoms with Gasteiger partial charge in [0.15, 0.2) is 5.82 Å². The average molecular weight is 289 g/mol. The topological polar surface area (TPSA) is 88.3 Å². The summed E-state index contributed by atoms with van der Waals surface area (Å²) >= 11 is 0. The van der Waals surface area contributed by atoms with Crippen LogP contribution >= 0.6 is 0 Å². The number of carboxylic acids is 1. The molecule has 1 unspecified atom stereocenters. The lowest BCUT2D eigenvalue weighted by Crippen LogP contribution is -2.49. The zero-order valence-corrected chi connectivity index (χ0v) is 12.2. The fourth-order valence-electron chi connectivity index (χ4n) is 2.07. The minimum Gasteiger partial charge on any atom is -0.480 e. The molecule has 2 N–H and O–H groups in total. The van der Waals surface area contributed by atoms with Gasteiger partial charge in [-0.3, -0.25) is 10.1 Å². The summed E-state index contributed by atoms with van der Waals surface area (Å²) in [6.45, 7) is 3.86. The molecule has 0 saturated heterocycles. The Labute approximate surface area is 123 Å². The molecule has 2 aromatic rings. The van der Waals surface area contributed by atoms with Gasteiger partial charge in [0.1, 0.15) is 5.54 Å². The summed E-state index contributed by atoms with van der Waals surface area (Å²) in [4.78, 5) is 15.6. The maximum atomic E-state index is 11.3. The van der Waals surface area contributed by atoms with Gasteiger partial charge in [0.2, 0.25) is 0 Å². The van der Waals surface area contributed by atoms with Crippen molar-refractivity contribution >= 4 is 5.97 Å². The van der Waals surface area contributed by atoms with E-state index in [0.717, 1.165) is 12.0 Å². The molecule has 6 heteroatoms. The Hall–Kier alpha value is -2.21. The number of carbonyl (C=O) groups is 1. The van der Waals surface area contributed by atoms with Crippen LogP contribution in [-0.4, -0.2) is 26.8 Å². The molecule has 0 bridgehead atoms. The van der Waals surface area contributed by atoms with Gasteiger partial charge >= 0.3 is 5.97 Å². The maximum Gasteiger partial charge on any atom is 0.323 e. The van der Waals surface area contributed by atoms with E-state index in [0.29, 0.717) is 18.1 Å². The van der Waals surface area contributed by atoms with Crippen LogP contribution in [0.5, 0.6) is 0 Å². The van der Waals surface area contributed by atoms with Gasteiger partial charge in [-0.1, -0.05) is 36.7 Å². The van der Waals surface area contributed by atoms with Crippen molar-refractivity contribution in [3.8, 4) is 11.5 Å². The van der Waals surface area contributed by atoms with Crippen molar-refractivity contribution in [3.05, 3.63) is 36.2 Å². The second kappa shape index (κ2) is 6.49. The average Bonchev–Trinajstić information content (AvgIpc) is 2.95. The van der Waals surface area contributed by atoms with Crippen LogP contribution in [0, 0.1) is 0 Å². The number of nitrogens with one attached hydrogen (secondary N) is 1. The van der Waals surface area contributed by atoms with E-state index < -0.39 is 11.5 Å². The van der Waals surface area contributed by atoms with Gasteiger partial charge in [0, 0.05) is 5.56 Å². The number of aromatic nitrogens is 2. The summed E-state index contributed by atoms with van der Waals surface area (Å²) in [7, 11) is 0. The molecule has 0 aliphatic heterocycles. The first kappa shape index (κ1) is 15.2. The van der Waals surface area contributed by atoms with Gasteiger partial charge in [-0.15, -0.1) is 0 Å². The normalized spacial score (nSPS) is 13.8. The lowest BCUT2D eigenvalue weighted by Gasteiger charge is -2.24. The molecule has 0 aliphatic rings. The molecule has 1 atom stereocenters. The Morgan fingerprint density at radius 1 is 1.38 bits per heavy atom. The first-order chi connectivity index (χ1) is 10.0. The number of hydrogen-bond acceptors (Lipinski definition) is 5. The van der Waals surface area contributed by atoms with E-state index in [1.54, 1.807) is 6.92 Å². The minimum atomic E-state index is -0.984. The van der Waals surface area contributed by atoms with Crippen LogP contribution in [0.1, 0.15) is 32.5 Å². The number of carboxylic acid groups (broad SMARTS) is 1. The van der Waals surface area contributed by atoms with E-state index in [1.165, 1.54) is 0 Å². The van der Waals surface area contributed by atoms with E-state index in [9.17, 15) is 9.90 Å². The van der Waals surface area contributed by atoms with Gasteiger partial charge in [-0.2, -0.15) is 4.98 Å². The zero-order valence-electron chi connectivity index (χ0n) is 12.2. The summed E-state index contributed by atoms with van der Waals surface area (Å²) in [5.74, 6) is -0.00604. The third-order valence-corrected chi connectivity index (χ3v) is 3.35. The molecule has 2 rings (SSSR count). The van der Waals surface area contributed by atoms with Gasteiger partial charge in [0.05, 0.1) is 6.54 Å². The summed E-state index contributed by atoms with van der Waals surface area (Å²) in [6, 6.07) is 9.44. The lowest BCUT2D eigenvalue weighted by atomic mass is 9.96. The molecule has 112 valence electrons. The van der Waals surface area contributed by atoms with Crippen LogP contribution in [0.25, 0.3) is 11.5 Å². The van der Waals surface area contributed by atoms with Crippen molar-refractivity contribution in [2.24, 2.45) is 0 Å². The molecule has 0 spiro atoms. The van der Waals surface area contributed by atoms with Crippen molar-refractivity contribution in [3.63, 3.8) is 0 Å². The third kappa shape index (κ3) is 3.66. The monoisotopic (exact) mass is 289 g/mol. The Balaban J connectivity index is 2.04. The highest BCUT2D eigenvalue weighted by Gasteiger charge is 2.31. The zero-order chi connectivity index (χ0) is 15.3. The van der Waals surface area contributed by atoms with E-state index in [2.05, 4.69) is 15.5 Å². The summed E-state index contributed by atoms with van der Waals surface area (Å²) in [5, 5.41) is 16.2. The Morgan fingerprint density at radius 3 is 2.71 bits per heavy atom. The van der Waals surface area contributed by atoms with Crippen LogP contribution in [0.3, 0.4) is 0 Å². The van der Waals surface area contributed by atoms with Crippen LogP contribution in [0.15, 0.2) is 34.9 Å². The Bertz CT molecular complexity index is 597. The third-order valence-electron chi connectivity index (χ3n) is 3.35. The van der Waals surface area contributed by atoms with E-state index >= 15 is 0 Å². The molecule has 0 saturated carbocycles. The van der Waals surface area contributed by atoms with E-state index in [4.69, 9.17) is 4.52 Å². The molecule has 21 heavy (non-hydrogen) atoms. The SMILES string of the molecule is CCCC(C)(NCc1noc(-c2ccccc2)n1)C(=O)O. The molecule has 0 radical (unpaired) electrons. The second-order valence-corrected chi connectivity index (χ2v) is 5.12. The van der Waals surface area contributed by atoms with Gasteiger partial charge in [0.25, 0.3) is 5.89 Å².